The number of halogens is 2. The van der Waals surface area contributed by atoms with Crippen LogP contribution in [0.15, 0.2) is 24.3 Å². The molecule has 2 aliphatic heterocycles. The van der Waals surface area contributed by atoms with Crippen molar-refractivity contribution in [3.8, 4) is 0 Å². The lowest BCUT2D eigenvalue weighted by Crippen LogP contribution is -2.54. The lowest BCUT2D eigenvalue weighted by atomic mass is 10.0. The third-order valence-electron chi connectivity index (χ3n) is 5.01. The second-order valence-corrected chi connectivity index (χ2v) is 6.76. The van der Waals surface area contributed by atoms with Crippen molar-refractivity contribution < 1.29 is 14.7 Å². The number of urea groups is 1. The van der Waals surface area contributed by atoms with Crippen LogP contribution in [0.5, 0.6) is 0 Å². The van der Waals surface area contributed by atoms with Gasteiger partial charge in [0.15, 0.2) is 0 Å². The Labute approximate surface area is 177 Å². The topological polar surface area (TPSA) is 96.9 Å². The third-order valence-corrected chi connectivity index (χ3v) is 5.01. The van der Waals surface area contributed by atoms with Gasteiger partial charge in [-0.1, -0.05) is 0 Å². The lowest BCUT2D eigenvalue weighted by Gasteiger charge is -2.40. The summed E-state index contributed by atoms with van der Waals surface area (Å²) in [5, 5.41) is 17.8. The van der Waals surface area contributed by atoms with Gasteiger partial charge in [-0.2, -0.15) is 0 Å². The lowest BCUT2D eigenvalue weighted by molar-refractivity contribution is -0.134. The van der Waals surface area contributed by atoms with Gasteiger partial charge < -0.3 is 26.0 Å². The van der Waals surface area contributed by atoms with Crippen molar-refractivity contribution in [2.75, 3.05) is 56.4 Å². The number of carboxylic acid groups (broad SMARTS) is 1. The van der Waals surface area contributed by atoms with Crippen LogP contribution in [0.3, 0.4) is 0 Å². The number of nitrogens with one attached hydrogen (secondary N) is 3. The Morgan fingerprint density at radius 1 is 1.00 bits per heavy atom. The Morgan fingerprint density at radius 3 is 2.14 bits per heavy atom. The fraction of sp³-hybridized carbons (Fsp3) is 0.556. The van der Waals surface area contributed by atoms with Gasteiger partial charge in [-0.3, -0.25) is 9.69 Å². The average Bonchev–Trinajstić information content (AvgIpc) is 2.68. The molecule has 28 heavy (non-hydrogen) atoms. The summed E-state index contributed by atoms with van der Waals surface area (Å²) < 4.78 is 0. The van der Waals surface area contributed by atoms with E-state index in [1.54, 1.807) is 24.3 Å². The first-order valence-corrected chi connectivity index (χ1v) is 9.18. The maximum Gasteiger partial charge on any atom is 0.322 e. The van der Waals surface area contributed by atoms with E-state index in [1.165, 1.54) is 12.8 Å². The largest absolute Gasteiger partial charge is 0.480 e. The fourth-order valence-corrected chi connectivity index (χ4v) is 3.51. The molecule has 2 amide bonds. The standard InChI is InChI=1S/C18H27N5O3.2ClH/c24-17(25)13-20-14-1-3-15(4-2-14)21-18(26)23-11-9-22(10-12-23)16-5-7-19-8-6-16;;/h1-4,16,19-20H,5-13H2,(H,21,26)(H,24,25);2*1H. The van der Waals surface area contributed by atoms with Gasteiger partial charge in [0.1, 0.15) is 6.54 Å². The quantitative estimate of drug-likeness (QED) is 0.566. The third kappa shape index (κ3) is 7.01. The zero-order chi connectivity index (χ0) is 18.4. The molecule has 4 N–H and O–H groups in total. The van der Waals surface area contributed by atoms with Crippen molar-refractivity contribution in [3.63, 3.8) is 0 Å². The molecule has 0 bridgehead atoms. The molecule has 0 spiro atoms. The maximum atomic E-state index is 12.4. The maximum absolute atomic E-state index is 12.4. The molecule has 2 heterocycles. The molecular formula is C18H29Cl2N5O3. The summed E-state index contributed by atoms with van der Waals surface area (Å²) in [6, 6.07) is 7.62. The molecular weight excluding hydrogens is 405 g/mol. The summed E-state index contributed by atoms with van der Waals surface area (Å²) >= 11 is 0. The minimum atomic E-state index is -0.911. The van der Waals surface area contributed by atoms with Crippen LogP contribution in [0.25, 0.3) is 0 Å². The molecule has 1 aromatic carbocycles. The van der Waals surface area contributed by atoms with E-state index in [9.17, 15) is 9.59 Å². The number of amides is 2. The number of carbonyl (C=O) groups excluding carboxylic acids is 1. The van der Waals surface area contributed by atoms with E-state index in [1.807, 2.05) is 4.90 Å². The number of aliphatic carboxylic acids is 1. The van der Waals surface area contributed by atoms with Crippen LogP contribution in [-0.4, -0.2) is 78.8 Å². The van der Waals surface area contributed by atoms with Gasteiger partial charge in [0.05, 0.1) is 0 Å². The summed E-state index contributed by atoms with van der Waals surface area (Å²) in [5.41, 5.74) is 1.41. The highest BCUT2D eigenvalue weighted by Gasteiger charge is 2.26. The highest BCUT2D eigenvalue weighted by molar-refractivity contribution is 5.89. The van der Waals surface area contributed by atoms with E-state index in [-0.39, 0.29) is 37.4 Å². The molecule has 0 aromatic heterocycles. The van der Waals surface area contributed by atoms with Crippen molar-refractivity contribution in [1.82, 2.24) is 15.1 Å². The zero-order valence-corrected chi connectivity index (χ0v) is 17.4. The fourth-order valence-electron chi connectivity index (χ4n) is 3.51. The number of piperidine rings is 1. The first-order chi connectivity index (χ1) is 12.6. The predicted molar refractivity (Wildman–Crippen MR) is 115 cm³/mol. The first-order valence-electron chi connectivity index (χ1n) is 9.18. The minimum Gasteiger partial charge on any atom is -0.480 e. The van der Waals surface area contributed by atoms with E-state index >= 15 is 0 Å². The van der Waals surface area contributed by atoms with Gasteiger partial charge in [0.25, 0.3) is 0 Å². The van der Waals surface area contributed by atoms with E-state index in [0.29, 0.717) is 17.4 Å². The predicted octanol–water partition coefficient (Wildman–Crippen LogP) is 1.93. The number of piperazine rings is 1. The number of rotatable bonds is 5. The van der Waals surface area contributed by atoms with E-state index in [4.69, 9.17) is 5.11 Å². The van der Waals surface area contributed by atoms with Gasteiger partial charge in [0.2, 0.25) is 0 Å². The number of carboxylic acids is 1. The number of benzene rings is 1. The molecule has 2 aliphatic rings. The number of hydrogen-bond donors (Lipinski definition) is 4. The van der Waals surface area contributed by atoms with E-state index in [0.717, 1.165) is 39.3 Å². The van der Waals surface area contributed by atoms with Crippen LogP contribution in [0.4, 0.5) is 16.2 Å². The molecule has 0 radical (unpaired) electrons. The molecule has 158 valence electrons. The summed E-state index contributed by atoms with van der Waals surface area (Å²) in [6.07, 6.45) is 2.38. The molecule has 10 heteroatoms. The van der Waals surface area contributed by atoms with Gasteiger partial charge >= 0.3 is 12.0 Å². The van der Waals surface area contributed by atoms with E-state index in [2.05, 4.69) is 20.9 Å². The second kappa shape index (κ2) is 12.0. The van der Waals surface area contributed by atoms with Gasteiger partial charge in [-0.15, -0.1) is 24.8 Å². The number of anilines is 2. The Kier molecular flexibility index (Phi) is 10.4. The summed E-state index contributed by atoms with van der Waals surface area (Å²) in [5.74, 6) is -0.911. The molecule has 0 saturated carbocycles. The van der Waals surface area contributed by atoms with Crippen LogP contribution in [-0.2, 0) is 4.79 Å². The van der Waals surface area contributed by atoms with Crippen molar-refractivity contribution >= 4 is 48.2 Å². The molecule has 0 atom stereocenters. The van der Waals surface area contributed by atoms with E-state index < -0.39 is 5.97 Å². The average molecular weight is 434 g/mol. The van der Waals surface area contributed by atoms with Crippen molar-refractivity contribution in [2.24, 2.45) is 0 Å². The summed E-state index contributed by atoms with van der Waals surface area (Å²) in [7, 11) is 0. The Hall–Kier alpha value is -1.74. The van der Waals surface area contributed by atoms with Gasteiger partial charge in [-0.05, 0) is 50.2 Å². The van der Waals surface area contributed by atoms with Gasteiger partial charge in [0, 0.05) is 43.6 Å². The number of carbonyl (C=O) groups is 2. The number of nitrogens with zero attached hydrogens (tertiary/aromatic N) is 2. The van der Waals surface area contributed by atoms with Crippen LogP contribution < -0.4 is 16.0 Å². The molecule has 1 aromatic rings. The first kappa shape index (κ1) is 24.3. The SMILES string of the molecule is Cl.Cl.O=C(O)CNc1ccc(NC(=O)N2CCN(C3CCNCC3)CC2)cc1. The summed E-state index contributed by atoms with van der Waals surface area (Å²) in [4.78, 5) is 27.4. The highest BCUT2D eigenvalue weighted by atomic mass is 35.5. The zero-order valence-electron chi connectivity index (χ0n) is 15.7. The van der Waals surface area contributed by atoms with Crippen LogP contribution in [0.1, 0.15) is 12.8 Å². The molecule has 0 aliphatic carbocycles. The van der Waals surface area contributed by atoms with Crippen molar-refractivity contribution in [2.45, 2.75) is 18.9 Å². The van der Waals surface area contributed by atoms with Crippen molar-refractivity contribution in [3.05, 3.63) is 24.3 Å². The molecule has 3 rings (SSSR count). The second-order valence-electron chi connectivity index (χ2n) is 6.76. The Balaban J connectivity index is 0.00000196. The van der Waals surface area contributed by atoms with Crippen LogP contribution >= 0.6 is 24.8 Å². The normalized spacial score (nSPS) is 17.8. The minimum absolute atomic E-state index is 0. The summed E-state index contributed by atoms with van der Waals surface area (Å²) in [6.45, 7) is 5.38. The number of hydrogen-bond acceptors (Lipinski definition) is 5. The molecule has 0 unspecified atom stereocenters. The molecule has 8 nitrogen and oxygen atoms in total. The highest BCUT2D eigenvalue weighted by Crippen LogP contribution is 2.17. The Morgan fingerprint density at radius 2 is 1.57 bits per heavy atom. The smallest absolute Gasteiger partial charge is 0.322 e. The Bertz CT molecular complexity index is 618. The van der Waals surface area contributed by atoms with Gasteiger partial charge in [-0.25, -0.2) is 4.79 Å². The van der Waals surface area contributed by atoms with Crippen molar-refractivity contribution in [1.29, 1.82) is 0 Å². The molecule has 2 fully saturated rings. The van der Waals surface area contributed by atoms with Crippen LogP contribution in [0, 0.1) is 0 Å². The van der Waals surface area contributed by atoms with Crippen LogP contribution in [0.2, 0.25) is 0 Å². The molecule has 2 saturated heterocycles. The monoisotopic (exact) mass is 433 g/mol.